The minimum atomic E-state index is -0.636. The van der Waals surface area contributed by atoms with Gasteiger partial charge in [0.1, 0.15) is 5.58 Å². The molecule has 0 saturated heterocycles. The number of hydrogen-bond donors (Lipinski definition) is 0. The van der Waals surface area contributed by atoms with Gasteiger partial charge in [0.2, 0.25) is 5.90 Å². The first kappa shape index (κ1) is 16.6. The molecule has 0 atom stereocenters. The molecule has 2 heterocycles. The Hall–Kier alpha value is -2.89. The summed E-state index contributed by atoms with van der Waals surface area (Å²) in [5.41, 5.74) is 0.816. The van der Waals surface area contributed by atoms with E-state index in [1.54, 1.807) is 42.5 Å². The third-order valence-corrected chi connectivity index (χ3v) is 4.32. The van der Waals surface area contributed by atoms with Gasteiger partial charge in [-0.1, -0.05) is 35.3 Å². The van der Waals surface area contributed by atoms with Crippen LogP contribution in [-0.4, -0.2) is 11.9 Å². The van der Waals surface area contributed by atoms with Gasteiger partial charge in [0.15, 0.2) is 5.70 Å². The van der Waals surface area contributed by atoms with E-state index in [2.05, 4.69) is 4.99 Å². The second-order valence-electron chi connectivity index (χ2n) is 5.48. The molecule has 4 rings (SSSR count). The van der Waals surface area contributed by atoms with Crippen molar-refractivity contribution in [3.8, 4) is 0 Å². The highest BCUT2D eigenvalue weighted by Gasteiger charge is 2.25. The van der Waals surface area contributed by atoms with Crippen LogP contribution in [-0.2, 0) is 9.53 Å². The molecule has 0 fully saturated rings. The number of cyclic esters (lactones) is 1. The maximum Gasteiger partial charge on any atom is 0.363 e. The lowest BCUT2D eigenvalue weighted by atomic mass is 10.1. The Morgan fingerprint density at radius 1 is 1.00 bits per heavy atom. The number of aliphatic imine (C=N–C) groups is 1. The second-order valence-corrected chi connectivity index (χ2v) is 6.32. The third-order valence-electron chi connectivity index (χ3n) is 3.75. The van der Waals surface area contributed by atoms with E-state index in [-0.39, 0.29) is 11.6 Å². The zero-order valence-corrected chi connectivity index (χ0v) is 14.5. The van der Waals surface area contributed by atoms with E-state index in [0.717, 1.165) is 0 Å². The molecule has 1 aromatic heterocycles. The van der Waals surface area contributed by atoms with Gasteiger partial charge in [-0.3, -0.25) is 0 Å². The molecule has 7 heteroatoms. The number of benzene rings is 2. The van der Waals surface area contributed by atoms with E-state index in [1.165, 1.54) is 12.1 Å². The SMILES string of the molecule is O=C1OC(c2ccccc2Cl)=N/C1=C/c1cc(=O)oc2ccc(Cl)cc12. The zero-order chi connectivity index (χ0) is 18.3. The first-order chi connectivity index (χ1) is 12.5. The highest BCUT2D eigenvalue weighted by atomic mass is 35.5. The number of ether oxygens (including phenoxy) is 1. The molecule has 0 radical (unpaired) electrons. The van der Waals surface area contributed by atoms with Crippen molar-refractivity contribution in [1.82, 2.24) is 0 Å². The van der Waals surface area contributed by atoms with Crippen molar-refractivity contribution in [3.05, 3.63) is 85.8 Å². The molecule has 5 nitrogen and oxygen atoms in total. The number of carbonyl (C=O) groups excluding carboxylic acids is 1. The molecule has 0 N–H and O–H groups in total. The number of rotatable bonds is 2. The maximum absolute atomic E-state index is 12.2. The lowest BCUT2D eigenvalue weighted by molar-refractivity contribution is -0.129. The van der Waals surface area contributed by atoms with Crippen molar-refractivity contribution in [3.63, 3.8) is 0 Å². The van der Waals surface area contributed by atoms with E-state index in [0.29, 0.717) is 32.1 Å². The van der Waals surface area contributed by atoms with Crippen LogP contribution >= 0.6 is 23.2 Å². The topological polar surface area (TPSA) is 68.9 Å². The van der Waals surface area contributed by atoms with Gasteiger partial charge in [0.05, 0.1) is 10.6 Å². The summed E-state index contributed by atoms with van der Waals surface area (Å²) in [5, 5.41) is 1.47. The molecule has 0 aliphatic carbocycles. The minimum Gasteiger partial charge on any atom is -0.423 e. The summed E-state index contributed by atoms with van der Waals surface area (Å²) in [6, 6.07) is 13.0. The zero-order valence-electron chi connectivity index (χ0n) is 13.0. The summed E-state index contributed by atoms with van der Waals surface area (Å²) in [6.07, 6.45) is 1.46. The molecule has 0 bridgehead atoms. The van der Waals surface area contributed by atoms with E-state index in [9.17, 15) is 9.59 Å². The average Bonchev–Trinajstić information content (AvgIpc) is 2.96. The molecular weight excluding hydrogens is 377 g/mol. The average molecular weight is 386 g/mol. The Bertz CT molecular complexity index is 1180. The fraction of sp³-hybridized carbons (Fsp3) is 0. The van der Waals surface area contributed by atoms with E-state index in [4.69, 9.17) is 32.4 Å². The maximum atomic E-state index is 12.2. The van der Waals surface area contributed by atoms with Crippen LogP contribution in [0, 0.1) is 0 Å². The standard InChI is InChI=1S/C19H9Cl2NO4/c20-11-5-6-16-13(9-11)10(8-17(23)25-16)7-15-19(24)26-18(22-15)12-3-1-2-4-14(12)21/h1-9H/b15-7+. The van der Waals surface area contributed by atoms with Crippen LogP contribution in [0.5, 0.6) is 0 Å². The molecule has 1 aliphatic rings. The second kappa shape index (κ2) is 6.44. The van der Waals surface area contributed by atoms with Gasteiger partial charge in [-0.25, -0.2) is 14.6 Å². The molecule has 0 amide bonds. The molecule has 0 unspecified atom stereocenters. The summed E-state index contributed by atoms with van der Waals surface area (Å²) < 4.78 is 10.4. The fourth-order valence-corrected chi connectivity index (χ4v) is 2.97. The Morgan fingerprint density at radius 3 is 2.62 bits per heavy atom. The summed E-state index contributed by atoms with van der Waals surface area (Å²) in [4.78, 5) is 28.2. The first-order valence-corrected chi connectivity index (χ1v) is 8.28. The smallest absolute Gasteiger partial charge is 0.363 e. The van der Waals surface area contributed by atoms with Crippen molar-refractivity contribution in [2.75, 3.05) is 0 Å². The molecule has 0 saturated carbocycles. The third kappa shape index (κ3) is 3.03. The van der Waals surface area contributed by atoms with Crippen molar-refractivity contribution < 1.29 is 13.9 Å². The van der Waals surface area contributed by atoms with Gasteiger partial charge in [-0.2, -0.15) is 0 Å². The molecule has 128 valence electrons. The van der Waals surface area contributed by atoms with Crippen molar-refractivity contribution in [2.24, 2.45) is 4.99 Å². The number of carbonyl (C=O) groups is 1. The molecule has 1 aliphatic heterocycles. The van der Waals surface area contributed by atoms with Gasteiger partial charge < -0.3 is 9.15 Å². The van der Waals surface area contributed by atoms with Crippen LogP contribution < -0.4 is 5.63 Å². The van der Waals surface area contributed by atoms with Crippen LogP contribution in [0.4, 0.5) is 0 Å². The van der Waals surface area contributed by atoms with Crippen molar-refractivity contribution >= 4 is 52.1 Å². The lowest BCUT2D eigenvalue weighted by Gasteiger charge is -2.01. The minimum absolute atomic E-state index is 0.0480. The Kier molecular flexibility index (Phi) is 4.11. The fourth-order valence-electron chi connectivity index (χ4n) is 2.59. The van der Waals surface area contributed by atoms with E-state index in [1.807, 2.05) is 0 Å². The molecule has 0 spiro atoms. The number of hydrogen-bond acceptors (Lipinski definition) is 5. The predicted molar refractivity (Wildman–Crippen MR) is 99.6 cm³/mol. The van der Waals surface area contributed by atoms with Crippen LogP contribution in [0.3, 0.4) is 0 Å². The molecule has 2 aromatic carbocycles. The monoisotopic (exact) mass is 385 g/mol. The predicted octanol–water partition coefficient (Wildman–Crippen LogP) is 4.44. The highest BCUT2D eigenvalue weighted by Crippen LogP contribution is 2.27. The van der Waals surface area contributed by atoms with Crippen LogP contribution in [0.2, 0.25) is 10.0 Å². The molecule has 26 heavy (non-hydrogen) atoms. The Balaban J connectivity index is 1.85. The summed E-state index contributed by atoms with van der Waals surface area (Å²) in [5.74, 6) is -0.527. The number of esters is 1. The number of fused-ring (bicyclic) bond motifs is 1. The molecular formula is C19H9Cl2NO4. The largest absolute Gasteiger partial charge is 0.423 e. The lowest BCUT2D eigenvalue weighted by Crippen LogP contribution is -2.06. The van der Waals surface area contributed by atoms with E-state index < -0.39 is 11.6 Å². The van der Waals surface area contributed by atoms with Gasteiger partial charge in [0.25, 0.3) is 0 Å². The van der Waals surface area contributed by atoms with Gasteiger partial charge in [0, 0.05) is 16.5 Å². The van der Waals surface area contributed by atoms with Crippen molar-refractivity contribution in [1.29, 1.82) is 0 Å². The highest BCUT2D eigenvalue weighted by molar-refractivity contribution is 6.34. The number of nitrogens with zero attached hydrogens (tertiary/aromatic N) is 1. The summed E-state index contributed by atoms with van der Waals surface area (Å²) in [6.45, 7) is 0. The first-order valence-electron chi connectivity index (χ1n) is 7.52. The normalized spacial score (nSPS) is 15.4. The number of halogens is 2. The summed E-state index contributed by atoms with van der Waals surface area (Å²) in [7, 11) is 0. The van der Waals surface area contributed by atoms with Gasteiger partial charge in [-0.15, -0.1) is 0 Å². The van der Waals surface area contributed by atoms with Gasteiger partial charge >= 0.3 is 11.6 Å². The van der Waals surface area contributed by atoms with E-state index >= 15 is 0 Å². The van der Waals surface area contributed by atoms with Crippen LogP contribution in [0.25, 0.3) is 17.0 Å². The summed E-state index contributed by atoms with van der Waals surface area (Å²) >= 11 is 12.1. The van der Waals surface area contributed by atoms with Crippen LogP contribution in [0.15, 0.2) is 68.4 Å². The van der Waals surface area contributed by atoms with Crippen LogP contribution in [0.1, 0.15) is 11.1 Å². The molecule has 3 aromatic rings. The Morgan fingerprint density at radius 2 is 1.81 bits per heavy atom. The quantitative estimate of drug-likeness (QED) is 0.371. The van der Waals surface area contributed by atoms with Gasteiger partial charge in [-0.05, 0) is 42.0 Å². The Labute approximate surface area is 157 Å². The van der Waals surface area contributed by atoms with Crippen molar-refractivity contribution in [2.45, 2.75) is 0 Å².